The number of esters is 1. The number of likely N-dealkylation sites (tertiary alicyclic amines) is 1. The van der Waals surface area contributed by atoms with Gasteiger partial charge in [0.15, 0.2) is 5.13 Å². The van der Waals surface area contributed by atoms with Gasteiger partial charge in [-0.1, -0.05) is 6.92 Å². The number of carbonyl (C=O) groups excluding carboxylic acids is 1. The molecular weight excluding hydrogens is 286 g/mol. The molecule has 2 rings (SSSR count). The van der Waals surface area contributed by atoms with Gasteiger partial charge in [0.25, 0.3) is 0 Å². The van der Waals surface area contributed by atoms with Gasteiger partial charge < -0.3 is 14.5 Å². The van der Waals surface area contributed by atoms with Crippen LogP contribution in [0.15, 0.2) is 5.38 Å². The molecule has 1 aliphatic rings. The number of nitrogens with zero attached hydrogens (tertiary/aromatic N) is 3. The van der Waals surface area contributed by atoms with Crippen molar-refractivity contribution in [1.82, 2.24) is 9.88 Å². The predicted molar refractivity (Wildman–Crippen MR) is 86.0 cm³/mol. The number of piperidine rings is 1. The molecule has 0 amide bonds. The average molecular weight is 311 g/mol. The molecule has 2 heterocycles. The van der Waals surface area contributed by atoms with Crippen LogP contribution in [0.25, 0.3) is 0 Å². The summed E-state index contributed by atoms with van der Waals surface area (Å²) >= 11 is 1.61. The van der Waals surface area contributed by atoms with Crippen LogP contribution in [0.4, 0.5) is 5.13 Å². The summed E-state index contributed by atoms with van der Waals surface area (Å²) in [4.78, 5) is 20.8. The van der Waals surface area contributed by atoms with Crippen molar-refractivity contribution < 1.29 is 9.53 Å². The zero-order chi connectivity index (χ0) is 15.2. The third kappa shape index (κ3) is 4.41. The van der Waals surface area contributed by atoms with Crippen LogP contribution in [-0.2, 0) is 16.0 Å². The van der Waals surface area contributed by atoms with Crippen molar-refractivity contribution in [3.05, 3.63) is 11.1 Å². The Hall–Kier alpha value is -1.14. The maximum Gasteiger partial charge on any atom is 0.311 e. The van der Waals surface area contributed by atoms with E-state index in [4.69, 9.17) is 4.74 Å². The van der Waals surface area contributed by atoms with E-state index in [0.717, 1.165) is 30.5 Å². The molecule has 1 saturated heterocycles. The van der Waals surface area contributed by atoms with E-state index in [9.17, 15) is 4.79 Å². The number of ether oxygens (including phenoxy) is 1. The van der Waals surface area contributed by atoms with Gasteiger partial charge in [-0.3, -0.25) is 4.79 Å². The van der Waals surface area contributed by atoms with Crippen LogP contribution in [0, 0.1) is 0 Å². The predicted octanol–water partition coefficient (Wildman–Crippen LogP) is 2.17. The number of aromatic nitrogens is 1. The molecule has 0 N–H and O–H groups in total. The van der Waals surface area contributed by atoms with Crippen molar-refractivity contribution >= 4 is 22.4 Å². The molecule has 0 unspecified atom stereocenters. The summed E-state index contributed by atoms with van der Waals surface area (Å²) in [5, 5.41) is 2.97. The first-order chi connectivity index (χ1) is 10.1. The standard InChI is InChI=1S/C15H25N3O2S/c1-4-18-8-6-13(7-9-18)17(3)15-16-12(11-21-15)10-14(19)20-5-2/h11,13H,4-10H2,1-3H3. The van der Waals surface area contributed by atoms with Crippen molar-refractivity contribution in [1.29, 1.82) is 0 Å². The quantitative estimate of drug-likeness (QED) is 0.754. The molecule has 6 heteroatoms. The van der Waals surface area contributed by atoms with E-state index in [1.54, 1.807) is 11.3 Å². The van der Waals surface area contributed by atoms with E-state index in [2.05, 4.69) is 28.8 Å². The van der Waals surface area contributed by atoms with Gasteiger partial charge in [-0.2, -0.15) is 0 Å². The highest BCUT2D eigenvalue weighted by atomic mass is 32.1. The second-order valence-corrected chi connectivity index (χ2v) is 6.22. The number of hydrogen-bond donors (Lipinski definition) is 0. The second-order valence-electron chi connectivity index (χ2n) is 5.38. The summed E-state index contributed by atoms with van der Waals surface area (Å²) in [6.45, 7) is 7.91. The van der Waals surface area contributed by atoms with E-state index >= 15 is 0 Å². The molecule has 0 atom stereocenters. The third-order valence-corrected chi connectivity index (χ3v) is 5.00. The van der Waals surface area contributed by atoms with Gasteiger partial charge in [0.05, 0.1) is 18.7 Å². The Balaban J connectivity index is 1.90. The maximum atomic E-state index is 11.5. The Morgan fingerprint density at radius 3 is 2.81 bits per heavy atom. The molecule has 1 fully saturated rings. The van der Waals surface area contributed by atoms with Crippen LogP contribution in [-0.4, -0.2) is 55.2 Å². The molecule has 118 valence electrons. The van der Waals surface area contributed by atoms with E-state index in [-0.39, 0.29) is 12.4 Å². The molecule has 0 aromatic carbocycles. The second kappa shape index (κ2) is 7.75. The average Bonchev–Trinajstić information content (AvgIpc) is 2.95. The van der Waals surface area contributed by atoms with Crippen LogP contribution in [0.5, 0.6) is 0 Å². The van der Waals surface area contributed by atoms with E-state index in [1.165, 1.54) is 12.8 Å². The van der Waals surface area contributed by atoms with Gasteiger partial charge in [0.2, 0.25) is 0 Å². The normalized spacial score (nSPS) is 16.9. The lowest BCUT2D eigenvalue weighted by Crippen LogP contribution is -2.43. The van der Waals surface area contributed by atoms with Gasteiger partial charge in [-0.05, 0) is 26.3 Å². The fraction of sp³-hybridized carbons (Fsp3) is 0.733. The molecule has 0 radical (unpaired) electrons. The summed E-state index contributed by atoms with van der Waals surface area (Å²) in [5.74, 6) is -0.201. The van der Waals surface area contributed by atoms with Gasteiger partial charge in [0.1, 0.15) is 0 Å². The van der Waals surface area contributed by atoms with Crippen molar-refractivity contribution in [2.45, 2.75) is 39.2 Å². The first-order valence-electron chi connectivity index (χ1n) is 7.69. The van der Waals surface area contributed by atoms with E-state index in [1.807, 2.05) is 12.3 Å². The van der Waals surface area contributed by atoms with E-state index in [0.29, 0.717) is 12.6 Å². The van der Waals surface area contributed by atoms with Gasteiger partial charge in [-0.15, -0.1) is 11.3 Å². The number of hydrogen-bond acceptors (Lipinski definition) is 6. The van der Waals surface area contributed by atoms with Crippen LogP contribution < -0.4 is 4.90 Å². The smallest absolute Gasteiger partial charge is 0.311 e. The number of anilines is 1. The lowest BCUT2D eigenvalue weighted by Gasteiger charge is -2.36. The lowest BCUT2D eigenvalue weighted by molar-refractivity contribution is -0.142. The molecule has 5 nitrogen and oxygen atoms in total. The first-order valence-corrected chi connectivity index (χ1v) is 8.57. The molecule has 0 aliphatic carbocycles. The molecule has 21 heavy (non-hydrogen) atoms. The Bertz CT molecular complexity index is 456. The zero-order valence-electron chi connectivity index (χ0n) is 13.2. The fourth-order valence-corrected chi connectivity index (χ4v) is 3.54. The van der Waals surface area contributed by atoms with Crippen molar-refractivity contribution in [2.24, 2.45) is 0 Å². The largest absolute Gasteiger partial charge is 0.466 e. The zero-order valence-corrected chi connectivity index (χ0v) is 14.0. The molecule has 1 aliphatic heterocycles. The molecule has 0 bridgehead atoms. The molecular formula is C15H25N3O2S. The van der Waals surface area contributed by atoms with Gasteiger partial charge in [0, 0.05) is 31.6 Å². The van der Waals surface area contributed by atoms with Crippen LogP contribution in [0.1, 0.15) is 32.4 Å². The lowest BCUT2D eigenvalue weighted by atomic mass is 10.0. The molecule has 0 spiro atoms. The Morgan fingerprint density at radius 2 is 2.19 bits per heavy atom. The minimum atomic E-state index is -0.201. The Labute approximate surface area is 130 Å². The highest BCUT2D eigenvalue weighted by molar-refractivity contribution is 7.13. The third-order valence-electron chi connectivity index (χ3n) is 4.02. The maximum absolute atomic E-state index is 11.5. The van der Waals surface area contributed by atoms with Gasteiger partial charge >= 0.3 is 5.97 Å². The summed E-state index contributed by atoms with van der Waals surface area (Å²) in [7, 11) is 2.11. The Morgan fingerprint density at radius 1 is 1.48 bits per heavy atom. The summed E-state index contributed by atoms with van der Waals surface area (Å²) in [6, 6.07) is 0.550. The number of thiazole rings is 1. The minimum Gasteiger partial charge on any atom is -0.466 e. The van der Waals surface area contributed by atoms with Crippen molar-refractivity contribution in [2.75, 3.05) is 38.2 Å². The van der Waals surface area contributed by atoms with Crippen LogP contribution in [0.3, 0.4) is 0 Å². The molecule has 0 saturated carbocycles. The highest BCUT2D eigenvalue weighted by Crippen LogP contribution is 2.25. The van der Waals surface area contributed by atoms with E-state index < -0.39 is 0 Å². The van der Waals surface area contributed by atoms with Crippen LogP contribution in [0.2, 0.25) is 0 Å². The van der Waals surface area contributed by atoms with Crippen molar-refractivity contribution in [3.8, 4) is 0 Å². The van der Waals surface area contributed by atoms with Gasteiger partial charge in [-0.25, -0.2) is 4.98 Å². The highest BCUT2D eigenvalue weighted by Gasteiger charge is 2.23. The number of rotatable bonds is 6. The minimum absolute atomic E-state index is 0.201. The van der Waals surface area contributed by atoms with Crippen molar-refractivity contribution in [3.63, 3.8) is 0 Å². The Kier molecular flexibility index (Phi) is 5.99. The molecule has 1 aromatic heterocycles. The fourth-order valence-electron chi connectivity index (χ4n) is 2.68. The number of carbonyl (C=O) groups is 1. The monoisotopic (exact) mass is 311 g/mol. The summed E-state index contributed by atoms with van der Waals surface area (Å²) in [6.07, 6.45) is 2.63. The molecule has 1 aromatic rings. The summed E-state index contributed by atoms with van der Waals surface area (Å²) < 4.78 is 4.96. The van der Waals surface area contributed by atoms with Crippen LogP contribution >= 0.6 is 11.3 Å². The topological polar surface area (TPSA) is 45.7 Å². The SMILES string of the molecule is CCOC(=O)Cc1csc(N(C)C2CCN(CC)CC2)n1. The summed E-state index contributed by atoms with van der Waals surface area (Å²) in [5.41, 5.74) is 0.811. The first kappa shape index (κ1) is 16.2.